The van der Waals surface area contributed by atoms with Crippen LogP contribution in [0.25, 0.3) is 0 Å². The van der Waals surface area contributed by atoms with Gasteiger partial charge in [-0.3, -0.25) is 9.59 Å². The predicted molar refractivity (Wildman–Crippen MR) is 99.7 cm³/mol. The minimum Gasteiger partial charge on any atom is -0.393 e. The minimum absolute atomic E-state index is 0.0230. The van der Waals surface area contributed by atoms with Gasteiger partial charge >= 0.3 is 0 Å². The summed E-state index contributed by atoms with van der Waals surface area (Å²) >= 11 is 0. The van der Waals surface area contributed by atoms with Crippen LogP contribution in [-0.4, -0.2) is 45.2 Å². The Hall–Kier alpha value is -1.30. The van der Waals surface area contributed by atoms with Crippen LogP contribution < -0.4 is 0 Å². The third-order valence-electron chi connectivity index (χ3n) is 8.68. The van der Waals surface area contributed by atoms with Gasteiger partial charge in [0.1, 0.15) is 12.2 Å². The number of hydrogen-bond acceptors (Lipinski definition) is 5. The van der Waals surface area contributed by atoms with E-state index in [1.807, 2.05) is 19.9 Å². The molecule has 4 aliphatic rings. The van der Waals surface area contributed by atoms with Crippen molar-refractivity contribution in [3.8, 4) is 0 Å². The van der Waals surface area contributed by atoms with E-state index >= 15 is 0 Å². The summed E-state index contributed by atoms with van der Waals surface area (Å²) in [5, 5.41) is 31.8. The third-order valence-corrected chi connectivity index (χ3v) is 8.68. The zero-order valence-electron chi connectivity index (χ0n) is 16.4. The van der Waals surface area contributed by atoms with Gasteiger partial charge in [-0.25, -0.2) is 0 Å². The molecule has 4 rings (SSSR count). The summed E-state index contributed by atoms with van der Waals surface area (Å²) in [5.41, 5.74) is -0.711. The van der Waals surface area contributed by atoms with Crippen LogP contribution in [0.3, 0.4) is 0 Å². The van der Waals surface area contributed by atoms with Crippen molar-refractivity contribution < 1.29 is 24.9 Å². The average Bonchev–Trinajstić information content (AvgIpc) is 2.89. The topological polar surface area (TPSA) is 94.8 Å². The molecule has 0 unspecified atom stereocenters. The van der Waals surface area contributed by atoms with E-state index in [1.54, 1.807) is 6.08 Å². The highest BCUT2D eigenvalue weighted by Gasteiger charge is 2.68. The Morgan fingerprint density at radius 1 is 1.30 bits per heavy atom. The van der Waals surface area contributed by atoms with Crippen LogP contribution in [0.5, 0.6) is 0 Å². The number of aliphatic hydroxyl groups excluding tert-OH is 2. The molecule has 0 aromatic rings. The van der Waals surface area contributed by atoms with Crippen LogP contribution in [0.2, 0.25) is 0 Å². The Kier molecular flexibility index (Phi) is 4.12. The van der Waals surface area contributed by atoms with Crippen LogP contribution in [0, 0.1) is 28.6 Å². The second kappa shape index (κ2) is 5.85. The Bertz CT molecular complexity index is 767. The molecule has 5 heteroatoms. The van der Waals surface area contributed by atoms with E-state index in [0.717, 1.165) is 30.4 Å². The van der Waals surface area contributed by atoms with Gasteiger partial charge in [0.15, 0.2) is 11.6 Å². The number of Topliss-reactive ketones (excluding diaryl/α,β-unsaturated/α-hetero) is 1. The lowest BCUT2D eigenvalue weighted by atomic mass is 9.46. The van der Waals surface area contributed by atoms with Crippen molar-refractivity contribution in [1.29, 1.82) is 0 Å². The highest BCUT2D eigenvalue weighted by atomic mass is 16.3. The van der Waals surface area contributed by atoms with Crippen LogP contribution in [0.15, 0.2) is 23.3 Å². The molecule has 3 saturated carbocycles. The van der Waals surface area contributed by atoms with E-state index < -0.39 is 29.5 Å². The van der Waals surface area contributed by atoms with Gasteiger partial charge in [-0.1, -0.05) is 25.5 Å². The second-order valence-corrected chi connectivity index (χ2v) is 9.59. The fraction of sp³-hybridized carbons (Fsp3) is 0.727. The Morgan fingerprint density at radius 3 is 2.67 bits per heavy atom. The van der Waals surface area contributed by atoms with E-state index in [0.29, 0.717) is 12.8 Å². The van der Waals surface area contributed by atoms with Gasteiger partial charge in [0.05, 0.1) is 6.10 Å². The molecule has 0 amide bonds. The van der Waals surface area contributed by atoms with E-state index in [-0.39, 0.29) is 29.0 Å². The van der Waals surface area contributed by atoms with Gasteiger partial charge in [0.25, 0.3) is 0 Å². The number of allylic oxidation sites excluding steroid dienone is 4. The monoisotopic (exact) mass is 374 g/mol. The molecule has 0 aliphatic heterocycles. The third kappa shape index (κ3) is 2.22. The van der Waals surface area contributed by atoms with E-state index in [1.165, 1.54) is 0 Å². The SMILES string of the molecule is CC1=C2CC[C@@H]3[C@H]([C@@H](O)C[C@@]4(C)[C@H]3CC[C@]4(O)C(=O)CO)[C@@]2(C)C=CC1=O. The van der Waals surface area contributed by atoms with Crippen LogP contribution in [-0.2, 0) is 9.59 Å². The van der Waals surface area contributed by atoms with E-state index in [4.69, 9.17) is 0 Å². The molecule has 0 aromatic carbocycles. The molecule has 0 saturated heterocycles. The van der Waals surface area contributed by atoms with Gasteiger partial charge in [0, 0.05) is 16.7 Å². The first-order valence-corrected chi connectivity index (χ1v) is 10.1. The van der Waals surface area contributed by atoms with E-state index in [2.05, 4.69) is 6.92 Å². The van der Waals surface area contributed by atoms with Crippen molar-refractivity contribution in [2.45, 2.75) is 64.6 Å². The maximum Gasteiger partial charge on any atom is 0.190 e. The van der Waals surface area contributed by atoms with Crippen LogP contribution >= 0.6 is 0 Å². The average molecular weight is 374 g/mol. The molecule has 5 nitrogen and oxygen atoms in total. The highest BCUT2D eigenvalue weighted by molar-refractivity contribution is 6.05. The predicted octanol–water partition coefficient (Wildman–Crippen LogP) is 1.95. The number of ketones is 2. The number of carbonyl (C=O) groups excluding carboxylic acids is 2. The molecule has 0 spiro atoms. The highest BCUT2D eigenvalue weighted by Crippen LogP contribution is 2.67. The number of hydrogen-bond donors (Lipinski definition) is 3. The van der Waals surface area contributed by atoms with Gasteiger partial charge in [-0.05, 0) is 62.5 Å². The van der Waals surface area contributed by atoms with Crippen LogP contribution in [0.1, 0.15) is 52.9 Å². The summed E-state index contributed by atoms with van der Waals surface area (Å²) in [4.78, 5) is 24.6. The molecule has 3 fully saturated rings. The van der Waals surface area contributed by atoms with Gasteiger partial charge < -0.3 is 15.3 Å². The molecule has 7 atom stereocenters. The number of carbonyl (C=O) groups is 2. The van der Waals surface area contributed by atoms with Crippen molar-refractivity contribution in [1.82, 2.24) is 0 Å². The molecule has 0 heterocycles. The quantitative estimate of drug-likeness (QED) is 0.687. The molecule has 3 N–H and O–H groups in total. The van der Waals surface area contributed by atoms with Crippen molar-refractivity contribution in [3.63, 3.8) is 0 Å². The molecule has 0 bridgehead atoms. The van der Waals surface area contributed by atoms with Gasteiger partial charge in [-0.2, -0.15) is 0 Å². The normalized spacial score (nSPS) is 48.9. The van der Waals surface area contributed by atoms with E-state index in [9.17, 15) is 24.9 Å². The number of fused-ring (bicyclic) bond motifs is 5. The fourth-order valence-electron chi connectivity index (χ4n) is 7.30. The molecule has 27 heavy (non-hydrogen) atoms. The first kappa shape index (κ1) is 19.0. The van der Waals surface area contributed by atoms with Crippen LogP contribution in [0.4, 0.5) is 0 Å². The lowest BCUT2D eigenvalue weighted by Crippen LogP contribution is -2.61. The Balaban J connectivity index is 1.77. The number of aliphatic hydroxyl groups is 3. The van der Waals surface area contributed by atoms with Crippen molar-refractivity contribution >= 4 is 11.6 Å². The molecule has 148 valence electrons. The van der Waals surface area contributed by atoms with Crippen molar-refractivity contribution in [3.05, 3.63) is 23.3 Å². The minimum atomic E-state index is -1.57. The van der Waals surface area contributed by atoms with Gasteiger partial charge in [-0.15, -0.1) is 0 Å². The summed E-state index contributed by atoms with van der Waals surface area (Å²) in [7, 11) is 0. The fourth-order valence-corrected chi connectivity index (χ4v) is 7.30. The number of rotatable bonds is 2. The maximum atomic E-state index is 12.4. The summed E-state index contributed by atoms with van der Waals surface area (Å²) in [6.45, 7) is 5.25. The lowest BCUT2D eigenvalue weighted by molar-refractivity contribution is -0.178. The summed E-state index contributed by atoms with van der Waals surface area (Å²) < 4.78 is 0. The lowest BCUT2D eigenvalue weighted by Gasteiger charge is -2.59. The standard InChI is InChI=1S/C22H30O5/c1-12-14-5-4-13-15-6-9-22(27,18(26)11-23)21(15,3)10-17(25)19(13)20(14,2)8-7-16(12)24/h7-8,13,15,17,19,23,25,27H,4-6,9-11H2,1-3H3/t13-,15-,17-,19+,20-,21-,22-/m0/s1. The first-order chi connectivity index (χ1) is 12.6. The molecule has 0 radical (unpaired) electrons. The summed E-state index contributed by atoms with van der Waals surface area (Å²) in [6.07, 6.45) is 6.02. The summed E-state index contributed by atoms with van der Waals surface area (Å²) in [5.74, 6) is -0.195. The molecule has 4 aliphatic carbocycles. The zero-order chi connectivity index (χ0) is 19.8. The Morgan fingerprint density at radius 2 is 2.00 bits per heavy atom. The van der Waals surface area contributed by atoms with Gasteiger partial charge in [0.2, 0.25) is 0 Å². The van der Waals surface area contributed by atoms with Crippen molar-refractivity contribution in [2.75, 3.05) is 6.61 Å². The van der Waals surface area contributed by atoms with Crippen molar-refractivity contribution in [2.24, 2.45) is 28.6 Å². The largest absolute Gasteiger partial charge is 0.393 e. The molecular formula is C22H30O5. The maximum absolute atomic E-state index is 12.4. The second-order valence-electron chi connectivity index (χ2n) is 9.59. The first-order valence-electron chi connectivity index (χ1n) is 10.1. The zero-order valence-corrected chi connectivity index (χ0v) is 16.4. The molecular weight excluding hydrogens is 344 g/mol. The smallest absolute Gasteiger partial charge is 0.190 e. The Labute approximate surface area is 160 Å². The molecule has 0 aromatic heterocycles. The summed E-state index contributed by atoms with van der Waals surface area (Å²) in [6, 6.07) is 0.